The predicted molar refractivity (Wildman–Crippen MR) is 71.7 cm³/mol. The molecule has 1 aromatic carbocycles. The number of aromatic carboxylic acids is 1. The fraction of sp³-hybridized carbons (Fsp3) is 0.267. The maximum atomic E-state index is 11.3. The second kappa shape index (κ2) is 5.28. The lowest BCUT2D eigenvalue weighted by atomic mass is 10.2. The molecular formula is C15H14N2O3. The Morgan fingerprint density at radius 3 is 2.70 bits per heavy atom. The van der Waals surface area contributed by atoms with Crippen molar-refractivity contribution in [1.82, 2.24) is 9.97 Å². The van der Waals surface area contributed by atoms with Gasteiger partial charge in [0.05, 0.1) is 6.20 Å². The molecule has 1 aromatic heterocycles. The molecule has 0 atom stereocenters. The van der Waals surface area contributed by atoms with E-state index in [4.69, 9.17) is 4.74 Å². The lowest BCUT2D eigenvalue weighted by molar-refractivity contribution is 0.0684. The van der Waals surface area contributed by atoms with Gasteiger partial charge in [-0.3, -0.25) is 0 Å². The smallest absolute Gasteiger partial charge is 0.358 e. The molecule has 5 nitrogen and oxygen atoms in total. The van der Waals surface area contributed by atoms with Crippen LogP contribution in [-0.4, -0.2) is 21.0 Å². The lowest BCUT2D eigenvalue weighted by Crippen LogP contribution is -2.09. The van der Waals surface area contributed by atoms with E-state index in [2.05, 4.69) is 9.97 Å². The van der Waals surface area contributed by atoms with Crippen molar-refractivity contribution in [2.24, 2.45) is 0 Å². The molecule has 1 N–H and O–H groups in total. The largest absolute Gasteiger partial charge is 0.485 e. The molecule has 1 heterocycles. The van der Waals surface area contributed by atoms with Gasteiger partial charge in [-0.25, -0.2) is 14.8 Å². The summed E-state index contributed by atoms with van der Waals surface area (Å²) in [4.78, 5) is 19.6. The molecule has 20 heavy (non-hydrogen) atoms. The van der Waals surface area contributed by atoms with Crippen LogP contribution < -0.4 is 4.74 Å². The number of ether oxygens (including phenoxy) is 1. The minimum absolute atomic E-state index is 0.0576. The van der Waals surface area contributed by atoms with Crippen LogP contribution >= 0.6 is 0 Å². The molecular weight excluding hydrogens is 256 g/mol. The molecule has 1 aliphatic carbocycles. The number of rotatable bonds is 5. The number of carbonyl (C=O) groups is 1. The molecule has 1 fully saturated rings. The zero-order valence-electron chi connectivity index (χ0n) is 10.8. The summed E-state index contributed by atoms with van der Waals surface area (Å²) in [6, 6.07) is 9.56. The monoisotopic (exact) mass is 270 g/mol. The molecule has 0 aliphatic heterocycles. The second-order valence-corrected chi connectivity index (χ2v) is 4.79. The lowest BCUT2D eigenvalue weighted by Gasteiger charge is -2.09. The van der Waals surface area contributed by atoms with Crippen molar-refractivity contribution < 1.29 is 14.6 Å². The third-order valence-corrected chi connectivity index (χ3v) is 3.16. The van der Waals surface area contributed by atoms with Crippen LogP contribution in [0.5, 0.6) is 5.75 Å². The van der Waals surface area contributed by atoms with Crippen LogP contribution in [-0.2, 0) is 6.61 Å². The standard InChI is InChI=1S/C15H14N2O3/c18-15(19)13-12(8-16-14(17-13)11-6-7-11)20-9-10-4-2-1-3-5-10/h1-5,8,11H,6-7,9H2,(H,18,19). The highest BCUT2D eigenvalue weighted by Crippen LogP contribution is 2.38. The van der Waals surface area contributed by atoms with Crippen LogP contribution in [0.2, 0.25) is 0 Å². The Hall–Kier alpha value is -2.43. The summed E-state index contributed by atoms with van der Waals surface area (Å²) in [7, 11) is 0. The topological polar surface area (TPSA) is 72.3 Å². The highest BCUT2D eigenvalue weighted by atomic mass is 16.5. The van der Waals surface area contributed by atoms with Gasteiger partial charge >= 0.3 is 5.97 Å². The van der Waals surface area contributed by atoms with E-state index in [0.717, 1.165) is 18.4 Å². The van der Waals surface area contributed by atoms with Gasteiger partial charge in [0.25, 0.3) is 0 Å². The number of carboxylic acid groups (broad SMARTS) is 1. The van der Waals surface area contributed by atoms with E-state index in [0.29, 0.717) is 18.3 Å². The Labute approximate surface area is 116 Å². The van der Waals surface area contributed by atoms with E-state index in [-0.39, 0.29) is 11.4 Å². The Kier molecular flexibility index (Phi) is 3.33. The Morgan fingerprint density at radius 1 is 1.30 bits per heavy atom. The number of hydrogen-bond donors (Lipinski definition) is 1. The highest BCUT2D eigenvalue weighted by molar-refractivity contribution is 5.88. The van der Waals surface area contributed by atoms with E-state index in [1.165, 1.54) is 6.20 Å². The molecule has 3 rings (SSSR count). The molecule has 0 amide bonds. The van der Waals surface area contributed by atoms with Crippen molar-refractivity contribution in [3.63, 3.8) is 0 Å². The summed E-state index contributed by atoms with van der Waals surface area (Å²) in [5.41, 5.74) is 0.910. The van der Waals surface area contributed by atoms with Crippen molar-refractivity contribution in [3.8, 4) is 5.75 Å². The first-order chi connectivity index (χ1) is 9.74. The van der Waals surface area contributed by atoms with Crippen molar-refractivity contribution in [2.45, 2.75) is 25.4 Å². The molecule has 0 radical (unpaired) electrons. The third kappa shape index (κ3) is 2.77. The molecule has 0 saturated heterocycles. The molecule has 0 spiro atoms. The van der Waals surface area contributed by atoms with Gasteiger partial charge in [-0.05, 0) is 18.4 Å². The van der Waals surface area contributed by atoms with Gasteiger partial charge < -0.3 is 9.84 Å². The van der Waals surface area contributed by atoms with Crippen LogP contribution in [0.1, 0.15) is 40.6 Å². The van der Waals surface area contributed by atoms with Gasteiger partial charge in [0.1, 0.15) is 12.4 Å². The van der Waals surface area contributed by atoms with Crippen LogP contribution in [0.25, 0.3) is 0 Å². The first-order valence-electron chi connectivity index (χ1n) is 6.51. The quantitative estimate of drug-likeness (QED) is 0.904. The van der Waals surface area contributed by atoms with Gasteiger partial charge in [-0.2, -0.15) is 0 Å². The number of hydrogen-bond acceptors (Lipinski definition) is 4. The zero-order valence-corrected chi connectivity index (χ0v) is 10.8. The second-order valence-electron chi connectivity index (χ2n) is 4.79. The highest BCUT2D eigenvalue weighted by Gasteiger charge is 2.28. The maximum Gasteiger partial charge on any atom is 0.358 e. The Bertz CT molecular complexity index is 624. The normalized spacial score (nSPS) is 14.0. The molecule has 2 aromatic rings. The summed E-state index contributed by atoms with van der Waals surface area (Å²) in [5, 5.41) is 9.22. The molecule has 1 saturated carbocycles. The Morgan fingerprint density at radius 2 is 2.05 bits per heavy atom. The fourth-order valence-corrected chi connectivity index (χ4v) is 1.92. The van der Waals surface area contributed by atoms with Crippen LogP contribution in [0.3, 0.4) is 0 Å². The van der Waals surface area contributed by atoms with Crippen molar-refractivity contribution >= 4 is 5.97 Å². The molecule has 0 unspecified atom stereocenters. The van der Waals surface area contributed by atoms with Gasteiger partial charge in [0.15, 0.2) is 11.4 Å². The van der Waals surface area contributed by atoms with E-state index in [1.807, 2.05) is 30.3 Å². The van der Waals surface area contributed by atoms with Gasteiger partial charge in [-0.15, -0.1) is 0 Å². The minimum Gasteiger partial charge on any atom is -0.485 e. The Balaban J connectivity index is 1.79. The summed E-state index contributed by atoms with van der Waals surface area (Å²) >= 11 is 0. The molecule has 1 aliphatic rings. The first kappa shape index (κ1) is 12.6. The third-order valence-electron chi connectivity index (χ3n) is 3.16. The first-order valence-corrected chi connectivity index (χ1v) is 6.51. The molecule has 5 heteroatoms. The number of aromatic nitrogens is 2. The van der Waals surface area contributed by atoms with Gasteiger partial charge in [0, 0.05) is 5.92 Å². The predicted octanol–water partition coefficient (Wildman–Crippen LogP) is 2.63. The van der Waals surface area contributed by atoms with E-state index < -0.39 is 5.97 Å². The summed E-state index contributed by atoms with van der Waals surface area (Å²) < 4.78 is 5.53. The summed E-state index contributed by atoms with van der Waals surface area (Å²) in [5.74, 6) is 0.0499. The molecule has 102 valence electrons. The van der Waals surface area contributed by atoms with Crippen molar-refractivity contribution in [2.75, 3.05) is 0 Å². The maximum absolute atomic E-state index is 11.3. The average Bonchev–Trinajstić information content (AvgIpc) is 3.30. The van der Waals surface area contributed by atoms with E-state index in [9.17, 15) is 9.90 Å². The average molecular weight is 270 g/mol. The van der Waals surface area contributed by atoms with E-state index >= 15 is 0 Å². The van der Waals surface area contributed by atoms with Crippen molar-refractivity contribution in [1.29, 1.82) is 0 Å². The van der Waals surface area contributed by atoms with E-state index in [1.54, 1.807) is 0 Å². The van der Waals surface area contributed by atoms with Crippen LogP contribution in [0.15, 0.2) is 36.5 Å². The van der Waals surface area contributed by atoms with Gasteiger partial charge in [0.2, 0.25) is 0 Å². The zero-order chi connectivity index (χ0) is 13.9. The van der Waals surface area contributed by atoms with Crippen LogP contribution in [0, 0.1) is 0 Å². The van der Waals surface area contributed by atoms with Crippen LogP contribution in [0.4, 0.5) is 0 Å². The molecule has 0 bridgehead atoms. The number of benzene rings is 1. The van der Waals surface area contributed by atoms with Gasteiger partial charge in [-0.1, -0.05) is 30.3 Å². The van der Waals surface area contributed by atoms with Crippen molar-refractivity contribution in [3.05, 3.63) is 53.6 Å². The fourth-order valence-electron chi connectivity index (χ4n) is 1.92. The number of carboxylic acids is 1. The minimum atomic E-state index is -1.09. The number of nitrogens with zero attached hydrogens (tertiary/aromatic N) is 2. The summed E-state index contributed by atoms with van der Waals surface area (Å²) in [6.45, 7) is 0.299. The SMILES string of the molecule is O=C(O)c1nc(C2CC2)ncc1OCc1ccccc1. The summed E-state index contributed by atoms with van der Waals surface area (Å²) in [6.07, 6.45) is 3.53.